The van der Waals surface area contributed by atoms with Crippen molar-refractivity contribution in [1.29, 1.82) is 0 Å². The first-order valence-electron chi connectivity index (χ1n) is 9.07. The van der Waals surface area contributed by atoms with Gasteiger partial charge >= 0.3 is 10.1 Å². The molecule has 1 N–H and O–H groups in total. The SMILES string of the molecule is COc1cc(CNc2cc(Cl)ccc2C)cc(Cl)c1OS(=O)(=O)c1ccc(C)cc1. The van der Waals surface area contributed by atoms with Gasteiger partial charge in [0.25, 0.3) is 0 Å². The van der Waals surface area contributed by atoms with Gasteiger partial charge in [0.1, 0.15) is 4.90 Å². The molecule has 3 rings (SSSR count). The fourth-order valence-electron chi connectivity index (χ4n) is 2.80. The van der Waals surface area contributed by atoms with Crippen molar-refractivity contribution in [3.63, 3.8) is 0 Å². The van der Waals surface area contributed by atoms with Gasteiger partial charge in [-0.2, -0.15) is 8.42 Å². The van der Waals surface area contributed by atoms with Crippen LogP contribution in [0.1, 0.15) is 16.7 Å². The van der Waals surface area contributed by atoms with Gasteiger partial charge in [-0.15, -0.1) is 0 Å². The van der Waals surface area contributed by atoms with E-state index in [1.54, 1.807) is 24.3 Å². The van der Waals surface area contributed by atoms with Gasteiger partial charge < -0.3 is 14.2 Å². The summed E-state index contributed by atoms with van der Waals surface area (Å²) in [5.74, 6) is 0.167. The van der Waals surface area contributed by atoms with Crippen LogP contribution in [0, 0.1) is 13.8 Å². The van der Waals surface area contributed by atoms with Crippen LogP contribution in [0.3, 0.4) is 0 Å². The fourth-order valence-corrected chi connectivity index (χ4v) is 4.25. The van der Waals surface area contributed by atoms with E-state index in [1.807, 2.05) is 32.0 Å². The molecule has 0 atom stereocenters. The summed E-state index contributed by atoms with van der Waals surface area (Å²) in [6, 6.07) is 15.3. The summed E-state index contributed by atoms with van der Waals surface area (Å²) in [5, 5.41) is 4.05. The molecule has 30 heavy (non-hydrogen) atoms. The molecule has 158 valence electrons. The number of methoxy groups -OCH3 is 1. The Morgan fingerprint density at radius 3 is 2.33 bits per heavy atom. The van der Waals surface area contributed by atoms with Crippen LogP contribution in [-0.2, 0) is 16.7 Å². The van der Waals surface area contributed by atoms with Crippen molar-refractivity contribution in [3.8, 4) is 11.5 Å². The van der Waals surface area contributed by atoms with E-state index in [9.17, 15) is 8.42 Å². The summed E-state index contributed by atoms with van der Waals surface area (Å²) >= 11 is 12.4. The van der Waals surface area contributed by atoms with E-state index in [-0.39, 0.29) is 21.4 Å². The minimum Gasteiger partial charge on any atom is -0.493 e. The lowest BCUT2D eigenvalue weighted by Crippen LogP contribution is -2.11. The molecule has 0 spiro atoms. The van der Waals surface area contributed by atoms with Gasteiger partial charge in [-0.3, -0.25) is 0 Å². The zero-order valence-corrected chi connectivity index (χ0v) is 19.0. The van der Waals surface area contributed by atoms with Crippen LogP contribution in [0.5, 0.6) is 11.5 Å². The normalized spacial score (nSPS) is 11.2. The highest BCUT2D eigenvalue weighted by Gasteiger charge is 2.22. The Balaban J connectivity index is 1.85. The Morgan fingerprint density at radius 2 is 1.67 bits per heavy atom. The van der Waals surface area contributed by atoms with Crippen molar-refractivity contribution < 1.29 is 17.3 Å². The molecule has 0 amide bonds. The van der Waals surface area contributed by atoms with Crippen LogP contribution in [0.25, 0.3) is 0 Å². The highest BCUT2D eigenvalue weighted by Crippen LogP contribution is 2.38. The second-order valence-electron chi connectivity index (χ2n) is 6.77. The molecule has 0 aliphatic carbocycles. The van der Waals surface area contributed by atoms with Crippen LogP contribution < -0.4 is 14.2 Å². The largest absolute Gasteiger partial charge is 0.493 e. The average Bonchev–Trinajstić information content (AvgIpc) is 2.70. The van der Waals surface area contributed by atoms with E-state index < -0.39 is 10.1 Å². The molecule has 0 radical (unpaired) electrons. The molecule has 3 aromatic rings. The predicted molar refractivity (Wildman–Crippen MR) is 121 cm³/mol. The summed E-state index contributed by atoms with van der Waals surface area (Å²) in [5.41, 5.74) is 3.66. The minimum absolute atomic E-state index is 0.0356. The van der Waals surface area contributed by atoms with Crippen LogP contribution in [-0.4, -0.2) is 15.5 Å². The third-order valence-electron chi connectivity index (χ3n) is 4.47. The van der Waals surface area contributed by atoms with Crippen molar-refractivity contribution >= 4 is 39.0 Å². The van der Waals surface area contributed by atoms with Gasteiger partial charge in [-0.1, -0.05) is 47.0 Å². The summed E-state index contributed by atoms with van der Waals surface area (Å²) in [7, 11) is -2.63. The molecule has 0 heterocycles. The molecule has 0 aromatic heterocycles. The zero-order valence-electron chi connectivity index (χ0n) is 16.7. The van der Waals surface area contributed by atoms with Crippen molar-refractivity contribution in [2.45, 2.75) is 25.3 Å². The smallest absolute Gasteiger partial charge is 0.339 e. The van der Waals surface area contributed by atoms with Crippen LogP contribution in [0.2, 0.25) is 10.0 Å². The fraction of sp³-hybridized carbons (Fsp3) is 0.182. The molecule has 8 heteroatoms. The standard InChI is InChI=1S/C22H21Cl2NO4S/c1-14-4-8-18(9-5-14)30(26,27)29-22-19(24)10-16(11-21(22)28-3)13-25-20-12-17(23)7-6-15(20)2/h4-12,25H,13H2,1-3H3. The van der Waals surface area contributed by atoms with Crippen molar-refractivity contribution in [2.75, 3.05) is 12.4 Å². The lowest BCUT2D eigenvalue weighted by Gasteiger charge is -2.15. The van der Waals surface area contributed by atoms with Crippen molar-refractivity contribution in [2.24, 2.45) is 0 Å². The van der Waals surface area contributed by atoms with Gasteiger partial charge in [0.2, 0.25) is 5.75 Å². The number of hydrogen-bond acceptors (Lipinski definition) is 5. The summed E-state index contributed by atoms with van der Waals surface area (Å²) in [6.07, 6.45) is 0. The Hall–Kier alpha value is -2.41. The first kappa shape index (κ1) is 22.3. The zero-order chi connectivity index (χ0) is 21.9. The Bertz CT molecular complexity index is 1160. The first-order chi connectivity index (χ1) is 14.2. The molecular formula is C22H21Cl2NO4S. The Kier molecular flexibility index (Phi) is 6.81. The molecule has 0 saturated carbocycles. The van der Waals surface area contributed by atoms with Crippen LogP contribution in [0.15, 0.2) is 59.5 Å². The number of hydrogen-bond donors (Lipinski definition) is 1. The van der Waals surface area contributed by atoms with E-state index in [0.717, 1.165) is 22.4 Å². The lowest BCUT2D eigenvalue weighted by molar-refractivity contribution is 0.390. The first-order valence-corrected chi connectivity index (χ1v) is 11.2. The van der Waals surface area contributed by atoms with Gasteiger partial charge in [-0.05, 0) is 61.4 Å². The van der Waals surface area contributed by atoms with Crippen molar-refractivity contribution in [1.82, 2.24) is 0 Å². The molecule has 0 saturated heterocycles. The van der Waals surface area contributed by atoms with E-state index in [2.05, 4.69) is 5.32 Å². The summed E-state index contributed by atoms with van der Waals surface area (Å²) in [4.78, 5) is 0.0356. The van der Waals surface area contributed by atoms with E-state index in [0.29, 0.717) is 11.6 Å². The highest BCUT2D eigenvalue weighted by atomic mass is 35.5. The molecule has 0 unspecified atom stereocenters. The van der Waals surface area contributed by atoms with Crippen molar-refractivity contribution in [3.05, 3.63) is 81.3 Å². The predicted octanol–water partition coefficient (Wildman–Crippen LogP) is 6.00. The number of rotatable bonds is 7. The van der Waals surface area contributed by atoms with Gasteiger partial charge in [-0.25, -0.2) is 0 Å². The van der Waals surface area contributed by atoms with E-state index in [1.165, 1.54) is 19.2 Å². The quantitative estimate of drug-likeness (QED) is 0.433. The third-order valence-corrected chi connectivity index (χ3v) is 6.23. The number of ether oxygens (including phenoxy) is 1. The molecule has 0 aliphatic heterocycles. The topological polar surface area (TPSA) is 64.6 Å². The molecular weight excluding hydrogens is 445 g/mol. The number of nitrogens with one attached hydrogen (secondary N) is 1. The van der Waals surface area contributed by atoms with Gasteiger partial charge in [0.05, 0.1) is 12.1 Å². The second-order valence-corrected chi connectivity index (χ2v) is 9.16. The average molecular weight is 466 g/mol. The van der Waals surface area contributed by atoms with Crippen LogP contribution >= 0.6 is 23.2 Å². The maximum atomic E-state index is 12.6. The second kappa shape index (κ2) is 9.16. The molecule has 0 bridgehead atoms. The number of benzene rings is 3. The molecule has 0 aliphatic rings. The summed E-state index contributed by atoms with van der Waals surface area (Å²) in [6.45, 7) is 4.27. The summed E-state index contributed by atoms with van der Waals surface area (Å²) < 4.78 is 35.9. The van der Waals surface area contributed by atoms with E-state index in [4.69, 9.17) is 32.1 Å². The van der Waals surface area contributed by atoms with Crippen LogP contribution in [0.4, 0.5) is 5.69 Å². The third kappa shape index (κ3) is 5.19. The molecule has 3 aromatic carbocycles. The Labute approximate surface area is 186 Å². The molecule has 0 fully saturated rings. The monoisotopic (exact) mass is 465 g/mol. The minimum atomic E-state index is -4.06. The maximum Gasteiger partial charge on any atom is 0.339 e. The maximum absolute atomic E-state index is 12.6. The number of halogens is 2. The van der Waals surface area contributed by atoms with Gasteiger partial charge in [0, 0.05) is 17.3 Å². The van der Waals surface area contributed by atoms with Gasteiger partial charge in [0.15, 0.2) is 5.75 Å². The lowest BCUT2D eigenvalue weighted by atomic mass is 10.1. The number of anilines is 1. The highest BCUT2D eigenvalue weighted by molar-refractivity contribution is 7.87. The Morgan fingerprint density at radius 1 is 0.967 bits per heavy atom. The van der Waals surface area contributed by atoms with E-state index >= 15 is 0 Å². The number of aryl methyl sites for hydroxylation is 2. The molecule has 5 nitrogen and oxygen atoms in total.